The molecule has 1 unspecified atom stereocenters. The van der Waals surface area contributed by atoms with Gasteiger partial charge in [-0.05, 0) is 30.1 Å². The molecule has 0 spiro atoms. The lowest BCUT2D eigenvalue weighted by Crippen LogP contribution is -2.38. The van der Waals surface area contributed by atoms with E-state index in [-0.39, 0.29) is 18.6 Å². The molecule has 1 rings (SSSR count). The van der Waals surface area contributed by atoms with Crippen LogP contribution in [-0.4, -0.2) is 42.3 Å². The molecule has 0 radical (unpaired) electrons. The summed E-state index contributed by atoms with van der Waals surface area (Å²) in [5.74, 6) is 0.0742. The molecule has 0 aliphatic carbocycles. The summed E-state index contributed by atoms with van der Waals surface area (Å²) >= 11 is 0. The predicted molar refractivity (Wildman–Crippen MR) is 89.6 cm³/mol. The Morgan fingerprint density at radius 1 is 1.14 bits per heavy atom. The second-order valence-electron chi connectivity index (χ2n) is 5.63. The second kappa shape index (κ2) is 10.2. The van der Waals surface area contributed by atoms with Gasteiger partial charge in [0, 0.05) is 26.2 Å². The molecule has 5 heteroatoms. The molecule has 1 aromatic carbocycles. The molecule has 3 N–H and O–H groups in total. The SMILES string of the molecule is CCN(CC)Cc1ccc(CNC(=O)NCC(C)CO)cc1. The van der Waals surface area contributed by atoms with Crippen LogP contribution in [-0.2, 0) is 13.1 Å². The van der Waals surface area contributed by atoms with Gasteiger partial charge in [-0.2, -0.15) is 0 Å². The molecule has 0 saturated carbocycles. The Kier molecular flexibility index (Phi) is 8.55. The minimum absolute atomic E-state index is 0.0742. The summed E-state index contributed by atoms with van der Waals surface area (Å²) < 4.78 is 0. The Morgan fingerprint density at radius 3 is 2.27 bits per heavy atom. The van der Waals surface area contributed by atoms with Crippen molar-refractivity contribution in [1.29, 1.82) is 0 Å². The fourth-order valence-electron chi connectivity index (χ4n) is 2.04. The van der Waals surface area contributed by atoms with Crippen LogP contribution >= 0.6 is 0 Å². The third-order valence-corrected chi connectivity index (χ3v) is 3.70. The van der Waals surface area contributed by atoms with Crippen molar-refractivity contribution in [3.8, 4) is 0 Å². The first-order chi connectivity index (χ1) is 10.6. The highest BCUT2D eigenvalue weighted by atomic mass is 16.3. The maximum Gasteiger partial charge on any atom is 0.315 e. The van der Waals surface area contributed by atoms with Gasteiger partial charge >= 0.3 is 6.03 Å². The van der Waals surface area contributed by atoms with Crippen molar-refractivity contribution in [3.63, 3.8) is 0 Å². The second-order valence-corrected chi connectivity index (χ2v) is 5.63. The van der Waals surface area contributed by atoms with E-state index in [0.717, 1.165) is 25.2 Å². The smallest absolute Gasteiger partial charge is 0.315 e. The maximum atomic E-state index is 11.6. The van der Waals surface area contributed by atoms with E-state index in [4.69, 9.17) is 5.11 Å². The van der Waals surface area contributed by atoms with Crippen LogP contribution < -0.4 is 10.6 Å². The van der Waals surface area contributed by atoms with Crippen LogP contribution in [0.15, 0.2) is 24.3 Å². The number of aliphatic hydroxyl groups excluding tert-OH is 1. The summed E-state index contributed by atoms with van der Waals surface area (Å²) in [6.07, 6.45) is 0. The zero-order valence-corrected chi connectivity index (χ0v) is 13.9. The normalized spacial score (nSPS) is 12.2. The molecule has 0 aliphatic rings. The van der Waals surface area contributed by atoms with Crippen molar-refractivity contribution in [2.75, 3.05) is 26.2 Å². The number of urea groups is 1. The van der Waals surface area contributed by atoms with E-state index in [1.165, 1.54) is 5.56 Å². The average Bonchev–Trinajstić information content (AvgIpc) is 2.56. The van der Waals surface area contributed by atoms with Gasteiger partial charge in [0.15, 0.2) is 0 Å². The highest BCUT2D eigenvalue weighted by molar-refractivity contribution is 5.73. The largest absolute Gasteiger partial charge is 0.396 e. The van der Waals surface area contributed by atoms with Crippen molar-refractivity contribution in [3.05, 3.63) is 35.4 Å². The van der Waals surface area contributed by atoms with E-state index in [1.807, 2.05) is 6.92 Å². The van der Waals surface area contributed by atoms with Crippen LogP contribution in [0.3, 0.4) is 0 Å². The fourth-order valence-corrected chi connectivity index (χ4v) is 2.04. The van der Waals surface area contributed by atoms with E-state index in [2.05, 4.69) is 53.6 Å². The molecule has 0 fully saturated rings. The maximum absolute atomic E-state index is 11.6. The van der Waals surface area contributed by atoms with Crippen LogP contribution in [0.25, 0.3) is 0 Å². The minimum Gasteiger partial charge on any atom is -0.396 e. The number of nitrogens with zero attached hydrogens (tertiary/aromatic N) is 1. The Morgan fingerprint density at radius 2 is 1.73 bits per heavy atom. The first-order valence-electron chi connectivity index (χ1n) is 8.01. The zero-order chi connectivity index (χ0) is 16.4. The van der Waals surface area contributed by atoms with Crippen LogP contribution in [0.4, 0.5) is 4.79 Å². The molecule has 0 aliphatic heterocycles. The molecule has 0 saturated heterocycles. The monoisotopic (exact) mass is 307 g/mol. The number of hydrogen-bond donors (Lipinski definition) is 3. The molecule has 5 nitrogen and oxygen atoms in total. The average molecular weight is 307 g/mol. The number of carbonyl (C=O) groups is 1. The third-order valence-electron chi connectivity index (χ3n) is 3.70. The summed E-state index contributed by atoms with van der Waals surface area (Å²) in [6, 6.07) is 8.13. The quantitative estimate of drug-likeness (QED) is 0.653. The van der Waals surface area contributed by atoms with Crippen molar-refractivity contribution in [1.82, 2.24) is 15.5 Å². The number of amides is 2. The van der Waals surface area contributed by atoms with Crippen LogP contribution in [0.1, 0.15) is 31.9 Å². The molecule has 2 amide bonds. The summed E-state index contributed by atoms with van der Waals surface area (Å²) in [6.45, 7) is 10.3. The van der Waals surface area contributed by atoms with Crippen LogP contribution in [0.5, 0.6) is 0 Å². The number of nitrogens with one attached hydrogen (secondary N) is 2. The molecular weight excluding hydrogens is 278 g/mol. The Hall–Kier alpha value is -1.59. The van der Waals surface area contributed by atoms with Gasteiger partial charge in [0.2, 0.25) is 0 Å². The molecular formula is C17H29N3O2. The molecule has 22 heavy (non-hydrogen) atoms. The van der Waals surface area contributed by atoms with Gasteiger partial charge in [-0.1, -0.05) is 45.0 Å². The van der Waals surface area contributed by atoms with Gasteiger partial charge in [0.25, 0.3) is 0 Å². The fraction of sp³-hybridized carbons (Fsp3) is 0.588. The van der Waals surface area contributed by atoms with Crippen LogP contribution in [0.2, 0.25) is 0 Å². The third kappa shape index (κ3) is 6.91. The molecule has 0 bridgehead atoms. The van der Waals surface area contributed by atoms with Gasteiger partial charge in [-0.15, -0.1) is 0 Å². The predicted octanol–water partition coefficient (Wildman–Crippen LogP) is 1.96. The van der Waals surface area contributed by atoms with Gasteiger partial charge < -0.3 is 15.7 Å². The van der Waals surface area contributed by atoms with Crippen LogP contribution in [0, 0.1) is 5.92 Å². The highest BCUT2D eigenvalue weighted by Gasteiger charge is 2.05. The Balaban J connectivity index is 2.36. The first kappa shape index (κ1) is 18.5. The van der Waals surface area contributed by atoms with E-state index >= 15 is 0 Å². The summed E-state index contributed by atoms with van der Waals surface area (Å²) in [5.41, 5.74) is 2.36. The van der Waals surface area contributed by atoms with E-state index in [9.17, 15) is 4.79 Å². The topological polar surface area (TPSA) is 64.6 Å². The molecule has 0 heterocycles. The number of aliphatic hydroxyl groups is 1. The first-order valence-corrected chi connectivity index (χ1v) is 8.01. The van der Waals surface area contributed by atoms with Crippen molar-refractivity contribution in [2.45, 2.75) is 33.9 Å². The molecule has 1 atom stereocenters. The standard InChI is InChI=1S/C17H29N3O2/c1-4-20(5-2)12-16-8-6-15(7-9-16)11-19-17(22)18-10-14(3)13-21/h6-9,14,21H,4-5,10-13H2,1-3H3,(H2,18,19,22). The van der Waals surface area contributed by atoms with Gasteiger partial charge in [-0.25, -0.2) is 4.79 Å². The lowest BCUT2D eigenvalue weighted by atomic mass is 10.1. The molecule has 1 aromatic rings. The number of hydrogen-bond acceptors (Lipinski definition) is 3. The summed E-state index contributed by atoms with van der Waals surface area (Å²) in [5, 5.41) is 14.5. The molecule has 124 valence electrons. The molecule has 0 aromatic heterocycles. The number of carbonyl (C=O) groups excluding carboxylic acids is 1. The van der Waals surface area contributed by atoms with E-state index in [1.54, 1.807) is 0 Å². The van der Waals surface area contributed by atoms with Gasteiger partial charge in [-0.3, -0.25) is 4.90 Å². The van der Waals surface area contributed by atoms with E-state index in [0.29, 0.717) is 13.1 Å². The summed E-state index contributed by atoms with van der Waals surface area (Å²) in [4.78, 5) is 14.0. The minimum atomic E-state index is -0.201. The van der Waals surface area contributed by atoms with E-state index < -0.39 is 0 Å². The highest BCUT2D eigenvalue weighted by Crippen LogP contribution is 2.07. The lowest BCUT2D eigenvalue weighted by Gasteiger charge is -2.18. The Labute approximate surface area is 133 Å². The van der Waals surface area contributed by atoms with Gasteiger partial charge in [0.1, 0.15) is 0 Å². The number of rotatable bonds is 9. The summed E-state index contributed by atoms with van der Waals surface area (Å²) in [7, 11) is 0. The zero-order valence-electron chi connectivity index (χ0n) is 13.9. The Bertz CT molecular complexity index is 430. The van der Waals surface area contributed by atoms with Crippen molar-refractivity contribution in [2.24, 2.45) is 5.92 Å². The van der Waals surface area contributed by atoms with Crippen molar-refractivity contribution >= 4 is 6.03 Å². The lowest BCUT2D eigenvalue weighted by molar-refractivity contribution is 0.222. The van der Waals surface area contributed by atoms with Crippen molar-refractivity contribution < 1.29 is 9.90 Å². The number of benzene rings is 1. The van der Waals surface area contributed by atoms with Gasteiger partial charge in [0.05, 0.1) is 0 Å².